The van der Waals surface area contributed by atoms with Crippen molar-refractivity contribution in [3.63, 3.8) is 0 Å². The molecule has 12 heavy (non-hydrogen) atoms. The number of urea groups is 1. The highest BCUT2D eigenvalue weighted by Gasteiger charge is 2.26. The molecule has 4 N–H and O–H groups in total. The van der Waals surface area contributed by atoms with Crippen LogP contribution in [-0.4, -0.2) is 25.5 Å². The minimum Gasteiger partial charge on any atom is -0.359 e. The van der Waals surface area contributed by atoms with Gasteiger partial charge in [-0.15, -0.1) is 0 Å². The fourth-order valence-corrected chi connectivity index (χ4v) is 0.727. The zero-order chi connectivity index (χ0) is 9.78. The van der Waals surface area contributed by atoms with E-state index in [1.165, 1.54) is 0 Å². The third-order valence-electron chi connectivity index (χ3n) is 1.55. The summed E-state index contributed by atoms with van der Waals surface area (Å²) in [6.07, 6.45) is 0. The molecule has 70 valence electrons. The maximum atomic E-state index is 11.1. The highest BCUT2D eigenvalue weighted by Crippen LogP contribution is 2.12. The van der Waals surface area contributed by atoms with Gasteiger partial charge >= 0.3 is 6.03 Å². The molecule has 0 atom stereocenters. The third kappa shape index (κ3) is 3.23. The molecule has 0 saturated carbocycles. The van der Waals surface area contributed by atoms with Gasteiger partial charge in [0.25, 0.3) is 0 Å². The Balaban J connectivity index is 4.03. The molecule has 5 heteroatoms. The molecule has 0 fully saturated rings. The lowest BCUT2D eigenvalue weighted by Crippen LogP contribution is -2.45. The molecular formula is C7H15N3O2. The van der Waals surface area contributed by atoms with Gasteiger partial charge in [0.1, 0.15) is 0 Å². The Morgan fingerprint density at radius 3 is 2.25 bits per heavy atom. The minimum absolute atomic E-state index is 0.128. The predicted molar refractivity (Wildman–Crippen MR) is 45.4 cm³/mol. The Hall–Kier alpha value is -1.26. The zero-order valence-electron chi connectivity index (χ0n) is 7.60. The van der Waals surface area contributed by atoms with Gasteiger partial charge in [-0.05, 0) is 13.8 Å². The first-order chi connectivity index (χ1) is 5.40. The molecule has 0 aromatic heterocycles. The molecule has 0 aromatic carbocycles. The van der Waals surface area contributed by atoms with Crippen molar-refractivity contribution < 1.29 is 9.59 Å². The molecule has 0 aliphatic heterocycles. The molecule has 0 bridgehead atoms. The van der Waals surface area contributed by atoms with Crippen LogP contribution in [0.3, 0.4) is 0 Å². The molecule has 0 radical (unpaired) electrons. The van der Waals surface area contributed by atoms with Gasteiger partial charge < -0.3 is 16.4 Å². The van der Waals surface area contributed by atoms with E-state index in [2.05, 4.69) is 10.6 Å². The molecule has 5 nitrogen and oxygen atoms in total. The monoisotopic (exact) mass is 173 g/mol. The van der Waals surface area contributed by atoms with Crippen molar-refractivity contribution in [1.82, 2.24) is 10.6 Å². The fourth-order valence-electron chi connectivity index (χ4n) is 0.727. The van der Waals surface area contributed by atoms with Crippen molar-refractivity contribution >= 4 is 11.9 Å². The van der Waals surface area contributed by atoms with E-state index in [-0.39, 0.29) is 12.5 Å². The second-order valence-corrected chi connectivity index (χ2v) is 3.18. The summed E-state index contributed by atoms with van der Waals surface area (Å²) in [5.41, 5.74) is 4.24. The third-order valence-corrected chi connectivity index (χ3v) is 1.55. The van der Waals surface area contributed by atoms with Crippen molar-refractivity contribution in [2.24, 2.45) is 11.1 Å². The molecule has 0 unspecified atom stereocenters. The summed E-state index contributed by atoms with van der Waals surface area (Å²) in [5, 5.41) is 4.88. The van der Waals surface area contributed by atoms with E-state index in [0.717, 1.165) is 0 Å². The molecule has 0 aliphatic carbocycles. The van der Waals surface area contributed by atoms with Gasteiger partial charge in [0, 0.05) is 13.6 Å². The summed E-state index contributed by atoms with van der Waals surface area (Å²) in [6, 6.07) is -0.619. The van der Waals surface area contributed by atoms with Gasteiger partial charge in [-0.1, -0.05) is 0 Å². The lowest BCUT2D eigenvalue weighted by molar-refractivity contribution is -0.128. The summed E-state index contributed by atoms with van der Waals surface area (Å²) < 4.78 is 0. The lowest BCUT2D eigenvalue weighted by Gasteiger charge is -2.21. The Labute approximate surface area is 71.7 Å². The number of hydrogen-bond acceptors (Lipinski definition) is 2. The lowest BCUT2D eigenvalue weighted by atomic mass is 9.92. The predicted octanol–water partition coefficient (Wildman–Crippen LogP) is -0.573. The smallest absolute Gasteiger partial charge is 0.312 e. The SMILES string of the molecule is CNC(=O)C(C)(C)CNC(N)=O. The molecule has 0 saturated heterocycles. The van der Waals surface area contributed by atoms with Crippen LogP contribution >= 0.6 is 0 Å². The Kier molecular flexibility index (Phi) is 3.53. The highest BCUT2D eigenvalue weighted by molar-refractivity contribution is 5.82. The van der Waals surface area contributed by atoms with Crippen LogP contribution in [0.4, 0.5) is 4.79 Å². The van der Waals surface area contributed by atoms with Crippen LogP contribution in [0.15, 0.2) is 0 Å². The van der Waals surface area contributed by atoms with E-state index in [1.807, 2.05) is 0 Å². The molecule has 0 rings (SSSR count). The van der Waals surface area contributed by atoms with Crippen LogP contribution in [0.25, 0.3) is 0 Å². The highest BCUT2D eigenvalue weighted by atomic mass is 16.2. The Bertz CT molecular complexity index is 189. The van der Waals surface area contributed by atoms with Gasteiger partial charge in [-0.2, -0.15) is 0 Å². The standard InChI is InChI=1S/C7H15N3O2/c1-7(2,5(11)9-3)4-10-6(8)12/h4H2,1-3H3,(H,9,11)(H3,8,10,12). The summed E-state index contributed by atoms with van der Waals surface area (Å²) in [4.78, 5) is 21.5. The number of hydrogen-bond donors (Lipinski definition) is 3. The van der Waals surface area contributed by atoms with E-state index >= 15 is 0 Å². The Morgan fingerprint density at radius 1 is 1.42 bits per heavy atom. The average Bonchev–Trinajstić information content (AvgIpc) is 1.99. The van der Waals surface area contributed by atoms with Crippen LogP contribution in [0.1, 0.15) is 13.8 Å². The van der Waals surface area contributed by atoms with Gasteiger partial charge in [0.05, 0.1) is 5.41 Å². The van der Waals surface area contributed by atoms with Crippen molar-refractivity contribution in [2.45, 2.75) is 13.8 Å². The van der Waals surface area contributed by atoms with E-state index in [4.69, 9.17) is 5.73 Å². The van der Waals surface area contributed by atoms with Crippen molar-refractivity contribution in [1.29, 1.82) is 0 Å². The molecule has 0 spiro atoms. The topological polar surface area (TPSA) is 84.2 Å². The van der Waals surface area contributed by atoms with Gasteiger partial charge in [-0.25, -0.2) is 4.79 Å². The first-order valence-electron chi connectivity index (χ1n) is 3.65. The molecule has 0 heterocycles. The van der Waals surface area contributed by atoms with Crippen LogP contribution in [0, 0.1) is 5.41 Å². The molecule has 3 amide bonds. The number of nitrogens with two attached hydrogens (primary N) is 1. The van der Waals surface area contributed by atoms with E-state index in [0.29, 0.717) is 0 Å². The summed E-state index contributed by atoms with van der Waals surface area (Å²) in [6.45, 7) is 3.69. The van der Waals surface area contributed by atoms with Crippen LogP contribution in [0.5, 0.6) is 0 Å². The van der Waals surface area contributed by atoms with E-state index in [1.54, 1.807) is 20.9 Å². The molecule has 0 aromatic rings. The summed E-state index contributed by atoms with van der Waals surface area (Å²) in [5.74, 6) is -0.128. The average molecular weight is 173 g/mol. The second kappa shape index (κ2) is 3.94. The normalized spacial score (nSPS) is 10.6. The molecule has 0 aliphatic rings. The number of carbonyl (C=O) groups is 2. The quantitative estimate of drug-likeness (QED) is 0.534. The van der Waals surface area contributed by atoms with Crippen molar-refractivity contribution in [3.8, 4) is 0 Å². The van der Waals surface area contributed by atoms with Crippen molar-refractivity contribution in [2.75, 3.05) is 13.6 Å². The first kappa shape index (κ1) is 10.7. The van der Waals surface area contributed by atoms with Crippen LogP contribution < -0.4 is 16.4 Å². The summed E-state index contributed by atoms with van der Waals surface area (Å²) >= 11 is 0. The number of nitrogens with one attached hydrogen (secondary N) is 2. The Morgan fingerprint density at radius 2 is 1.92 bits per heavy atom. The maximum absolute atomic E-state index is 11.1. The van der Waals surface area contributed by atoms with Crippen LogP contribution in [0.2, 0.25) is 0 Å². The largest absolute Gasteiger partial charge is 0.359 e. The van der Waals surface area contributed by atoms with E-state index in [9.17, 15) is 9.59 Å². The van der Waals surface area contributed by atoms with Crippen LogP contribution in [-0.2, 0) is 4.79 Å². The number of amides is 3. The van der Waals surface area contributed by atoms with Gasteiger partial charge in [-0.3, -0.25) is 4.79 Å². The first-order valence-corrected chi connectivity index (χ1v) is 3.65. The number of carbonyl (C=O) groups excluding carboxylic acids is 2. The number of primary amides is 1. The fraction of sp³-hybridized carbons (Fsp3) is 0.714. The maximum Gasteiger partial charge on any atom is 0.312 e. The minimum atomic E-state index is -0.621. The second-order valence-electron chi connectivity index (χ2n) is 3.18. The van der Waals surface area contributed by atoms with Crippen molar-refractivity contribution in [3.05, 3.63) is 0 Å². The zero-order valence-corrected chi connectivity index (χ0v) is 7.60. The number of rotatable bonds is 3. The molecular weight excluding hydrogens is 158 g/mol. The summed E-state index contributed by atoms with van der Waals surface area (Å²) in [7, 11) is 1.55. The van der Waals surface area contributed by atoms with Gasteiger partial charge in [0.2, 0.25) is 5.91 Å². The van der Waals surface area contributed by atoms with Gasteiger partial charge in [0.15, 0.2) is 0 Å². The van der Waals surface area contributed by atoms with E-state index < -0.39 is 11.4 Å².